The van der Waals surface area contributed by atoms with Crippen LogP contribution < -0.4 is 10.1 Å². The van der Waals surface area contributed by atoms with Crippen molar-refractivity contribution < 1.29 is 4.74 Å². The minimum atomic E-state index is 0.817. The predicted octanol–water partition coefficient (Wildman–Crippen LogP) is 3.90. The van der Waals surface area contributed by atoms with Crippen molar-refractivity contribution in [3.8, 4) is 17.0 Å². The second kappa shape index (κ2) is 6.57. The van der Waals surface area contributed by atoms with E-state index in [-0.39, 0.29) is 0 Å². The van der Waals surface area contributed by atoms with Crippen molar-refractivity contribution in [2.24, 2.45) is 0 Å². The number of rotatable bonds is 5. The van der Waals surface area contributed by atoms with E-state index >= 15 is 0 Å². The van der Waals surface area contributed by atoms with Crippen molar-refractivity contribution in [3.05, 3.63) is 35.2 Å². The summed E-state index contributed by atoms with van der Waals surface area (Å²) >= 11 is 0. The average Bonchev–Trinajstić information content (AvgIpc) is 2.48. The third-order valence-electron chi connectivity index (χ3n) is 3.46. The van der Waals surface area contributed by atoms with Gasteiger partial charge in [0.05, 0.1) is 18.5 Å². The maximum Gasteiger partial charge on any atom is 0.153 e. The molecule has 2 aromatic rings. The summed E-state index contributed by atoms with van der Waals surface area (Å²) in [5, 5.41) is 3.37. The summed E-state index contributed by atoms with van der Waals surface area (Å²) in [4.78, 5) is 9.40. The van der Waals surface area contributed by atoms with E-state index in [1.807, 2.05) is 26.0 Å². The zero-order chi connectivity index (χ0) is 15.4. The molecule has 1 N–H and O–H groups in total. The van der Waals surface area contributed by atoms with Crippen molar-refractivity contribution in [1.29, 1.82) is 0 Å². The highest BCUT2D eigenvalue weighted by Gasteiger charge is 2.15. The fraction of sp³-hybridized carbons (Fsp3) is 0.412. The van der Waals surface area contributed by atoms with Gasteiger partial charge in [-0.25, -0.2) is 9.97 Å². The third kappa shape index (κ3) is 3.32. The SMILES string of the molecule is CCCNc1nc(C)c(C)nc1-c1cc(C)ccc1OC. The smallest absolute Gasteiger partial charge is 0.153 e. The van der Waals surface area contributed by atoms with Gasteiger partial charge in [-0.15, -0.1) is 0 Å². The molecule has 1 aromatic carbocycles. The average molecular weight is 285 g/mol. The molecule has 0 aliphatic heterocycles. The second-order valence-corrected chi connectivity index (χ2v) is 5.22. The molecule has 1 heterocycles. The van der Waals surface area contributed by atoms with Crippen LogP contribution in [0.25, 0.3) is 11.3 Å². The lowest BCUT2D eigenvalue weighted by Gasteiger charge is -2.15. The van der Waals surface area contributed by atoms with Gasteiger partial charge in [-0.05, 0) is 39.3 Å². The molecule has 0 bridgehead atoms. The molecule has 21 heavy (non-hydrogen) atoms. The van der Waals surface area contributed by atoms with Crippen LogP contribution in [0.5, 0.6) is 5.75 Å². The summed E-state index contributed by atoms with van der Waals surface area (Å²) in [7, 11) is 1.68. The Morgan fingerprint density at radius 3 is 2.48 bits per heavy atom. The molecule has 112 valence electrons. The first-order chi connectivity index (χ1) is 10.1. The summed E-state index contributed by atoms with van der Waals surface area (Å²) in [6.45, 7) is 9.04. The first kappa shape index (κ1) is 15.3. The minimum Gasteiger partial charge on any atom is -0.496 e. The topological polar surface area (TPSA) is 47.0 Å². The fourth-order valence-electron chi connectivity index (χ4n) is 2.16. The van der Waals surface area contributed by atoms with E-state index in [2.05, 4.69) is 30.2 Å². The maximum absolute atomic E-state index is 5.49. The lowest BCUT2D eigenvalue weighted by Crippen LogP contribution is -2.08. The number of methoxy groups -OCH3 is 1. The monoisotopic (exact) mass is 285 g/mol. The number of anilines is 1. The van der Waals surface area contributed by atoms with E-state index in [0.29, 0.717) is 0 Å². The number of aryl methyl sites for hydroxylation is 3. The molecule has 2 rings (SSSR count). The van der Waals surface area contributed by atoms with Crippen molar-refractivity contribution in [2.75, 3.05) is 19.0 Å². The van der Waals surface area contributed by atoms with Crippen LogP contribution in [0.1, 0.15) is 30.3 Å². The Bertz CT molecular complexity index is 638. The number of hydrogen-bond acceptors (Lipinski definition) is 4. The predicted molar refractivity (Wildman–Crippen MR) is 87.0 cm³/mol. The number of benzene rings is 1. The third-order valence-corrected chi connectivity index (χ3v) is 3.46. The zero-order valence-corrected chi connectivity index (χ0v) is 13.4. The molecular weight excluding hydrogens is 262 g/mol. The summed E-state index contributed by atoms with van der Waals surface area (Å²) in [5.41, 5.74) is 4.89. The molecule has 1 aromatic heterocycles. The highest BCUT2D eigenvalue weighted by molar-refractivity contribution is 5.77. The summed E-state index contributed by atoms with van der Waals surface area (Å²) in [6, 6.07) is 6.11. The van der Waals surface area contributed by atoms with Crippen LogP contribution in [0.2, 0.25) is 0 Å². The van der Waals surface area contributed by atoms with Crippen molar-refractivity contribution in [3.63, 3.8) is 0 Å². The number of nitrogens with one attached hydrogen (secondary N) is 1. The minimum absolute atomic E-state index is 0.817. The number of nitrogens with zero attached hydrogens (tertiary/aromatic N) is 2. The van der Waals surface area contributed by atoms with Gasteiger partial charge in [0.15, 0.2) is 5.82 Å². The van der Waals surface area contributed by atoms with E-state index in [0.717, 1.165) is 47.2 Å². The van der Waals surface area contributed by atoms with Gasteiger partial charge < -0.3 is 10.1 Å². The Morgan fingerprint density at radius 2 is 1.81 bits per heavy atom. The Kier molecular flexibility index (Phi) is 4.78. The van der Waals surface area contributed by atoms with E-state index in [9.17, 15) is 0 Å². The van der Waals surface area contributed by atoms with Gasteiger partial charge in [0, 0.05) is 12.1 Å². The highest BCUT2D eigenvalue weighted by atomic mass is 16.5. The zero-order valence-electron chi connectivity index (χ0n) is 13.4. The normalized spacial score (nSPS) is 10.5. The van der Waals surface area contributed by atoms with E-state index in [4.69, 9.17) is 9.72 Å². The van der Waals surface area contributed by atoms with Crippen molar-refractivity contribution in [1.82, 2.24) is 9.97 Å². The molecule has 0 saturated carbocycles. The van der Waals surface area contributed by atoms with Gasteiger partial charge >= 0.3 is 0 Å². The molecule has 0 aliphatic rings. The van der Waals surface area contributed by atoms with Crippen LogP contribution in [0, 0.1) is 20.8 Å². The van der Waals surface area contributed by atoms with Crippen LogP contribution in [-0.4, -0.2) is 23.6 Å². The molecule has 0 aliphatic carbocycles. The highest BCUT2D eigenvalue weighted by Crippen LogP contribution is 2.34. The Balaban J connectivity index is 2.61. The van der Waals surface area contributed by atoms with Crippen LogP contribution in [0.3, 0.4) is 0 Å². The van der Waals surface area contributed by atoms with Crippen LogP contribution in [-0.2, 0) is 0 Å². The first-order valence-electron chi connectivity index (χ1n) is 7.31. The van der Waals surface area contributed by atoms with Crippen molar-refractivity contribution >= 4 is 5.82 Å². The maximum atomic E-state index is 5.49. The summed E-state index contributed by atoms with van der Waals surface area (Å²) in [6.07, 6.45) is 1.04. The van der Waals surface area contributed by atoms with E-state index in [1.54, 1.807) is 7.11 Å². The largest absolute Gasteiger partial charge is 0.496 e. The van der Waals surface area contributed by atoms with E-state index < -0.39 is 0 Å². The quantitative estimate of drug-likeness (QED) is 0.905. The Hall–Kier alpha value is -2.10. The van der Waals surface area contributed by atoms with Gasteiger partial charge in [0.25, 0.3) is 0 Å². The van der Waals surface area contributed by atoms with Gasteiger partial charge in [-0.3, -0.25) is 0 Å². The van der Waals surface area contributed by atoms with Crippen LogP contribution in [0.15, 0.2) is 18.2 Å². The van der Waals surface area contributed by atoms with Gasteiger partial charge in [-0.1, -0.05) is 18.6 Å². The molecule has 0 amide bonds. The lowest BCUT2D eigenvalue weighted by atomic mass is 10.1. The van der Waals surface area contributed by atoms with Gasteiger partial charge in [0.1, 0.15) is 11.4 Å². The number of aromatic nitrogens is 2. The molecule has 4 nitrogen and oxygen atoms in total. The van der Waals surface area contributed by atoms with Gasteiger partial charge in [0.2, 0.25) is 0 Å². The molecule has 0 atom stereocenters. The fourth-order valence-corrected chi connectivity index (χ4v) is 2.16. The summed E-state index contributed by atoms with van der Waals surface area (Å²) in [5.74, 6) is 1.64. The molecule has 0 radical (unpaired) electrons. The molecule has 0 saturated heterocycles. The van der Waals surface area contributed by atoms with Crippen LogP contribution in [0.4, 0.5) is 5.82 Å². The Labute approximate surface area is 126 Å². The molecule has 0 spiro atoms. The van der Waals surface area contributed by atoms with Gasteiger partial charge in [-0.2, -0.15) is 0 Å². The number of hydrogen-bond donors (Lipinski definition) is 1. The van der Waals surface area contributed by atoms with E-state index in [1.165, 1.54) is 5.56 Å². The molecule has 4 heteroatoms. The first-order valence-corrected chi connectivity index (χ1v) is 7.31. The van der Waals surface area contributed by atoms with Crippen molar-refractivity contribution in [2.45, 2.75) is 34.1 Å². The molecule has 0 unspecified atom stereocenters. The second-order valence-electron chi connectivity index (χ2n) is 5.22. The lowest BCUT2D eigenvalue weighted by molar-refractivity contribution is 0.416. The Morgan fingerprint density at radius 1 is 1.10 bits per heavy atom. The molecule has 0 fully saturated rings. The van der Waals surface area contributed by atoms with Crippen LogP contribution >= 0.6 is 0 Å². The molecular formula is C17H23N3O. The summed E-state index contributed by atoms with van der Waals surface area (Å²) < 4.78 is 5.49. The number of ether oxygens (including phenoxy) is 1. The standard InChI is InChI=1S/C17H23N3O/c1-6-9-18-17-16(19-12(3)13(4)20-17)14-10-11(2)7-8-15(14)21-5/h7-8,10H,6,9H2,1-5H3,(H,18,20).